The number of carbonyl (C=O) groups excluding carboxylic acids is 2. The summed E-state index contributed by atoms with van der Waals surface area (Å²) in [5, 5.41) is 6.92. The molecule has 1 saturated heterocycles. The number of amides is 2. The molecular formula is C19H23FN4O2. The van der Waals surface area contributed by atoms with Gasteiger partial charge in [0.1, 0.15) is 11.6 Å². The summed E-state index contributed by atoms with van der Waals surface area (Å²) in [4.78, 5) is 26.6. The van der Waals surface area contributed by atoms with E-state index in [1.807, 2.05) is 6.92 Å². The summed E-state index contributed by atoms with van der Waals surface area (Å²) in [6.07, 6.45) is 4.52. The first kappa shape index (κ1) is 18.1. The predicted molar refractivity (Wildman–Crippen MR) is 96.1 cm³/mol. The van der Waals surface area contributed by atoms with Crippen LogP contribution in [-0.4, -0.2) is 39.1 Å². The Kier molecular flexibility index (Phi) is 5.35. The summed E-state index contributed by atoms with van der Waals surface area (Å²) in [6.45, 7) is 4.67. The normalized spacial score (nSPS) is 17.2. The lowest BCUT2D eigenvalue weighted by Gasteiger charge is -2.32. The Balaban J connectivity index is 1.74. The van der Waals surface area contributed by atoms with Gasteiger partial charge >= 0.3 is 11.8 Å². The van der Waals surface area contributed by atoms with E-state index in [-0.39, 0.29) is 11.9 Å². The van der Waals surface area contributed by atoms with Crippen LogP contribution in [0.15, 0.2) is 30.5 Å². The molecule has 1 fully saturated rings. The fourth-order valence-corrected chi connectivity index (χ4v) is 3.26. The lowest BCUT2D eigenvalue weighted by atomic mass is 10.0. The Morgan fingerprint density at radius 3 is 2.88 bits per heavy atom. The van der Waals surface area contributed by atoms with Crippen LogP contribution in [0.5, 0.6) is 0 Å². The first-order chi connectivity index (χ1) is 12.5. The summed E-state index contributed by atoms with van der Waals surface area (Å²) in [7, 11) is 0. The van der Waals surface area contributed by atoms with E-state index in [4.69, 9.17) is 0 Å². The van der Waals surface area contributed by atoms with Gasteiger partial charge in [0, 0.05) is 18.2 Å². The van der Waals surface area contributed by atoms with Crippen molar-refractivity contribution in [2.75, 3.05) is 11.9 Å². The highest BCUT2D eigenvalue weighted by Crippen LogP contribution is 2.19. The van der Waals surface area contributed by atoms with Gasteiger partial charge in [-0.3, -0.25) is 9.59 Å². The fraction of sp³-hybridized carbons (Fsp3) is 0.421. The second-order valence-corrected chi connectivity index (χ2v) is 6.76. The largest absolute Gasteiger partial charge is 0.332 e. The van der Waals surface area contributed by atoms with Crippen molar-refractivity contribution in [3.8, 4) is 0 Å². The van der Waals surface area contributed by atoms with Gasteiger partial charge in [0.05, 0.1) is 12.7 Å². The lowest BCUT2D eigenvalue weighted by Crippen LogP contribution is -2.47. The van der Waals surface area contributed by atoms with Gasteiger partial charge in [-0.2, -0.15) is 5.10 Å². The second kappa shape index (κ2) is 7.68. The molecule has 1 aliphatic heterocycles. The van der Waals surface area contributed by atoms with Gasteiger partial charge in [-0.15, -0.1) is 0 Å². The van der Waals surface area contributed by atoms with Gasteiger partial charge < -0.3 is 10.2 Å². The maximum atomic E-state index is 13.4. The highest BCUT2D eigenvalue weighted by molar-refractivity contribution is 6.39. The van der Waals surface area contributed by atoms with Crippen LogP contribution in [0.4, 0.5) is 10.2 Å². The molecule has 2 amide bonds. The molecule has 3 rings (SSSR count). The van der Waals surface area contributed by atoms with Gasteiger partial charge in [-0.05, 0) is 50.8 Å². The summed E-state index contributed by atoms with van der Waals surface area (Å²) in [6, 6.07) is 6.27. The molecule has 2 heterocycles. The zero-order valence-corrected chi connectivity index (χ0v) is 15.0. The van der Waals surface area contributed by atoms with E-state index in [9.17, 15) is 14.0 Å². The van der Waals surface area contributed by atoms with E-state index < -0.39 is 11.8 Å². The third-order valence-electron chi connectivity index (χ3n) is 4.73. The Morgan fingerprint density at radius 2 is 2.15 bits per heavy atom. The number of hydrogen-bond acceptors (Lipinski definition) is 3. The number of benzene rings is 1. The molecular weight excluding hydrogens is 335 g/mol. The minimum Gasteiger partial charge on any atom is -0.332 e. The van der Waals surface area contributed by atoms with Crippen molar-refractivity contribution in [1.82, 2.24) is 14.7 Å². The van der Waals surface area contributed by atoms with Crippen LogP contribution in [-0.2, 0) is 16.1 Å². The average Bonchev–Trinajstić information content (AvgIpc) is 2.95. The van der Waals surface area contributed by atoms with Gasteiger partial charge in [-0.1, -0.05) is 12.1 Å². The Bertz CT molecular complexity index is 818. The van der Waals surface area contributed by atoms with Gasteiger partial charge in [0.15, 0.2) is 0 Å². The van der Waals surface area contributed by atoms with E-state index in [2.05, 4.69) is 10.4 Å². The summed E-state index contributed by atoms with van der Waals surface area (Å²) in [5.41, 5.74) is 1.47. The molecule has 0 radical (unpaired) electrons. The Morgan fingerprint density at radius 1 is 1.35 bits per heavy atom. The first-order valence-corrected chi connectivity index (χ1v) is 8.84. The number of aryl methyl sites for hydroxylation is 1. The number of nitrogens with one attached hydrogen (secondary N) is 1. The van der Waals surface area contributed by atoms with Crippen molar-refractivity contribution in [1.29, 1.82) is 0 Å². The maximum absolute atomic E-state index is 13.4. The molecule has 1 N–H and O–H groups in total. The molecule has 1 aliphatic rings. The number of hydrogen-bond donors (Lipinski definition) is 1. The van der Waals surface area contributed by atoms with Crippen molar-refractivity contribution in [2.45, 2.75) is 45.7 Å². The quantitative estimate of drug-likeness (QED) is 0.858. The highest BCUT2D eigenvalue weighted by atomic mass is 19.1. The van der Waals surface area contributed by atoms with Crippen LogP contribution in [0.1, 0.15) is 37.3 Å². The van der Waals surface area contributed by atoms with Gasteiger partial charge in [-0.25, -0.2) is 9.07 Å². The Labute approximate surface area is 152 Å². The summed E-state index contributed by atoms with van der Waals surface area (Å²) < 4.78 is 14.9. The third-order valence-corrected chi connectivity index (χ3v) is 4.73. The van der Waals surface area contributed by atoms with Crippen LogP contribution < -0.4 is 5.32 Å². The lowest BCUT2D eigenvalue weighted by molar-refractivity contribution is -0.145. The molecule has 7 heteroatoms. The highest BCUT2D eigenvalue weighted by Gasteiger charge is 2.29. The number of halogens is 1. The van der Waals surface area contributed by atoms with E-state index in [0.29, 0.717) is 18.9 Å². The van der Waals surface area contributed by atoms with Crippen LogP contribution >= 0.6 is 0 Å². The zero-order valence-electron chi connectivity index (χ0n) is 15.0. The number of aromatic nitrogens is 2. The van der Waals surface area contributed by atoms with Crippen LogP contribution in [0.2, 0.25) is 0 Å². The smallest absolute Gasteiger partial charge is 0.315 e. The standard InChI is InChI=1S/C19H23FN4O2/c1-13-11-21-24(12-15-7-5-8-16(20)10-15)17(13)22-18(25)19(26)23-9-4-3-6-14(23)2/h5,7-8,10-11,14H,3-4,6,9,12H2,1-2H3,(H,22,25)/t14-/m0/s1. The number of likely N-dealkylation sites (tertiary alicyclic amines) is 1. The molecule has 0 spiro atoms. The van der Waals surface area contributed by atoms with Crippen LogP contribution in [0.3, 0.4) is 0 Å². The van der Waals surface area contributed by atoms with Crippen molar-refractivity contribution >= 4 is 17.6 Å². The number of nitrogens with zero attached hydrogens (tertiary/aromatic N) is 3. The molecule has 0 unspecified atom stereocenters. The third kappa shape index (κ3) is 3.92. The van der Waals surface area contributed by atoms with Crippen molar-refractivity contribution < 1.29 is 14.0 Å². The number of anilines is 1. The molecule has 26 heavy (non-hydrogen) atoms. The molecule has 1 atom stereocenters. The van der Waals surface area contributed by atoms with E-state index in [1.165, 1.54) is 12.1 Å². The SMILES string of the molecule is Cc1cnn(Cc2cccc(F)c2)c1NC(=O)C(=O)N1CCCC[C@@H]1C. The molecule has 1 aromatic heterocycles. The maximum Gasteiger partial charge on any atom is 0.315 e. The molecule has 2 aromatic rings. The van der Waals surface area contributed by atoms with Crippen molar-refractivity contribution in [3.05, 3.63) is 47.4 Å². The molecule has 1 aromatic carbocycles. The van der Waals surface area contributed by atoms with Crippen molar-refractivity contribution in [3.63, 3.8) is 0 Å². The topological polar surface area (TPSA) is 67.2 Å². The fourth-order valence-electron chi connectivity index (χ4n) is 3.26. The summed E-state index contributed by atoms with van der Waals surface area (Å²) in [5.74, 6) is -1.05. The minimum atomic E-state index is -0.664. The van der Waals surface area contributed by atoms with E-state index in [1.54, 1.807) is 34.8 Å². The predicted octanol–water partition coefficient (Wildman–Crippen LogP) is 2.72. The minimum absolute atomic E-state index is 0.0697. The molecule has 138 valence electrons. The van der Waals surface area contributed by atoms with E-state index >= 15 is 0 Å². The van der Waals surface area contributed by atoms with Crippen LogP contribution in [0.25, 0.3) is 0 Å². The second-order valence-electron chi connectivity index (χ2n) is 6.76. The van der Waals surface area contributed by atoms with Crippen LogP contribution in [0, 0.1) is 12.7 Å². The monoisotopic (exact) mass is 358 g/mol. The van der Waals surface area contributed by atoms with Gasteiger partial charge in [0.25, 0.3) is 0 Å². The summed E-state index contributed by atoms with van der Waals surface area (Å²) >= 11 is 0. The number of rotatable bonds is 3. The Hall–Kier alpha value is -2.70. The molecule has 6 nitrogen and oxygen atoms in total. The zero-order chi connectivity index (χ0) is 18.7. The van der Waals surface area contributed by atoms with E-state index in [0.717, 1.165) is 30.4 Å². The average molecular weight is 358 g/mol. The number of piperidine rings is 1. The van der Waals surface area contributed by atoms with Gasteiger partial charge in [0.2, 0.25) is 0 Å². The first-order valence-electron chi connectivity index (χ1n) is 8.84. The number of carbonyl (C=O) groups is 2. The van der Waals surface area contributed by atoms with Crippen molar-refractivity contribution in [2.24, 2.45) is 0 Å². The molecule has 0 bridgehead atoms. The molecule has 0 aliphatic carbocycles. The molecule has 0 saturated carbocycles.